The highest BCUT2D eigenvalue weighted by Gasteiger charge is 2.47. The predicted octanol–water partition coefficient (Wildman–Crippen LogP) is 3.24. The number of rotatable bonds is 5. The number of fused-ring (bicyclic) bond motifs is 2. The average molecular weight is 440 g/mol. The molecule has 32 heavy (non-hydrogen) atoms. The third-order valence-electron chi connectivity index (χ3n) is 6.87. The van der Waals surface area contributed by atoms with Gasteiger partial charge in [-0.1, -0.05) is 12.1 Å². The summed E-state index contributed by atoms with van der Waals surface area (Å²) in [4.78, 5) is 15.0. The van der Waals surface area contributed by atoms with E-state index in [2.05, 4.69) is 5.32 Å². The number of halogens is 1. The minimum atomic E-state index is -0.536. The number of benzene rings is 2. The topological polar surface area (TPSA) is 76.8 Å². The Kier molecular flexibility index (Phi) is 5.88. The first-order chi connectivity index (χ1) is 15.5. The van der Waals surface area contributed by atoms with Gasteiger partial charge in [0.2, 0.25) is 0 Å². The van der Waals surface area contributed by atoms with E-state index in [0.29, 0.717) is 49.8 Å². The summed E-state index contributed by atoms with van der Waals surface area (Å²) in [5, 5.41) is 3.62. The molecule has 0 aliphatic carbocycles. The van der Waals surface area contributed by atoms with Crippen LogP contribution in [-0.2, 0) is 11.2 Å². The number of nitrogens with zero attached hydrogens (tertiary/aromatic N) is 1. The minimum absolute atomic E-state index is 0.0382. The molecule has 1 spiro atoms. The summed E-state index contributed by atoms with van der Waals surface area (Å²) in [6, 6.07) is 12.9. The second-order valence-electron chi connectivity index (χ2n) is 9.23. The zero-order chi connectivity index (χ0) is 22.1. The molecule has 6 nitrogen and oxygen atoms in total. The minimum Gasteiger partial charge on any atom is -0.457 e. The van der Waals surface area contributed by atoms with Gasteiger partial charge >= 0.3 is 0 Å². The van der Waals surface area contributed by atoms with E-state index < -0.39 is 5.82 Å². The number of hydrogen-bond acceptors (Lipinski definition) is 5. The fourth-order valence-electron chi connectivity index (χ4n) is 5.40. The van der Waals surface area contributed by atoms with Crippen LogP contribution < -0.4 is 15.8 Å². The second-order valence-corrected chi connectivity index (χ2v) is 9.23. The van der Waals surface area contributed by atoms with Gasteiger partial charge in [-0.15, -0.1) is 0 Å². The molecular formula is C25H30FN3O3. The SMILES string of the molecule is NCCc1ccc(Oc2ccc(F)c(C(=O)N3CCOC4(C[C@H]5CC[C@@H](C4)N5)C3)c2)cc1. The number of morpholine rings is 1. The molecule has 3 aliphatic heterocycles. The number of carbonyl (C=O) groups excluding carboxylic acids is 1. The van der Waals surface area contributed by atoms with Crippen LogP contribution in [0.5, 0.6) is 11.5 Å². The van der Waals surface area contributed by atoms with E-state index in [1.165, 1.54) is 12.1 Å². The molecular weight excluding hydrogens is 409 g/mol. The molecule has 0 aromatic heterocycles. The van der Waals surface area contributed by atoms with Crippen LogP contribution in [0.3, 0.4) is 0 Å². The highest BCUT2D eigenvalue weighted by Crippen LogP contribution is 2.39. The van der Waals surface area contributed by atoms with E-state index in [1.54, 1.807) is 11.0 Å². The third kappa shape index (κ3) is 4.37. The van der Waals surface area contributed by atoms with Crippen LogP contribution in [0.15, 0.2) is 42.5 Å². The normalized spacial score (nSPS) is 27.0. The lowest BCUT2D eigenvalue weighted by Gasteiger charge is -2.47. The Bertz CT molecular complexity index is 969. The largest absolute Gasteiger partial charge is 0.457 e. The Morgan fingerprint density at radius 1 is 1.16 bits per heavy atom. The van der Waals surface area contributed by atoms with Crippen molar-refractivity contribution in [3.8, 4) is 11.5 Å². The quantitative estimate of drug-likeness (QED) is 0.748. The number of nitrogens with two attached hydrogens (primary N) is 1. The number of hydrogen-bond donors (Lipinski definition) is 2. The molecule has 3 N–H and O–H groups in total. The molecule has 2 aromatic carbocycles. The van der Waals surface area contributed by atoms with Gasteiger partial charge in [0, 0.05) is 18.6 Å². The van der Waals surface area contributed by atoms with Gasteiger partial charge in [0.25, 0.3) is 5.91 Å². The van der Waals surface area contributed by atoms with Crippen LogP contribution in [-0.4, -0.2) is 54.7 Å². The first-order valence-corrected chi connectivity index (χ1v) is 11.5. The summed E-state index contributed by atoms with van der Waals surface area (Å²) in [5.74, 6) is 0.224. The van der Waals surface area contributed by atoms with E-state index in [4.69, 9.17) is 15.2 Å². The number of amides is 1. The van der Waals surface area contributed by atoms with Crippen molar-refractivity contribution in [2.45, 2.75) is 49.8 Å². The molecule has 3 heterocycles. The lowest BCUT2D eigenvalue weighted by Crippen LogP contribution is -2.60. The van der Waals surface area contributed by atoms with Crippen molar-refractivity contribution in [3.63, 3.8) is 0 Å². The van der Waals surface area contributed by atoms with Crippen molar-refractivity contribution in [1.29, 1.82) is 0 Å². The summed E-state index contributed by atoms with van der Waals surface area (Å²) in [7, 11) is 0. The summed E-state index contributed by atoms with van der Waals surface area (Å²) in [5.41, 5.74) is 6.44. The monoisotopic (exact) mass is 439 g/mol. The molecule has 2 aromatic rings. The molecule has 0 radical (unpaired) electrons. The summed E-state index contributed by atoms with van der Waals surface area (Å²) >= 11 is 0. The number of carbonyl (C=O) groups is 1. The Hall–Kier alpha value is -2.48. The van der Waals surface area contributed by atoms with Crippen molar-refractivity contribution >= 4 is 5.91 Å². The first kappa shape index (κ1) is 21.4. The Balaban J connectivity index is 1.31. The number of ether oxygens (including phenoxy) is 2. The van der Waals surface area contributed by atoms with Crippen molar-refractivity contribution < 1.29 is 18.7 Å². The zero-order valence-corrected chi connectivity index (χ0v) is 18.2. The molecule has 170 valence electrons. The lowest BCUT2D eigenvalue weighted by atomic mass is 9.85. The second kappa shape index (κ2) is 8.81. The number of piperidine rings is 1. The highest BCUT2D eigenvalue weighted by atomic mass is 19.1. The Labute approximate surface area is 187 Å². The van der Waals surface area contributed by atoms with Gasteiger partial charge in [-0.25, -0.2) is 4.39 Å². The van der Waals surface area contributed by atoms with Crippen LogP contribution in [0.2, 0.25) is 0 Å². The molecule has 3 aliphatic rings. The molecule has 5 rings (SSSR count). The molecule has 0 saturated carbocycles. The van der Waals surface area contributed by atoms with E-state index >= 15 is 0 Å². The summed E-state index contributed by atoms with van der Waals surface area (Å²) in [6.45, 7) is 2.05. The van der Waals surface area contributed by atoms with Gasteiger partial charge in [-0.05, 0) is 74.5 Å². The van der Waals surface area contributed by atoms with Gasteiger partial charge < -0.3 is 25.4 Å². The summed E-state index contributed by atoms with van der Waals surface area (Å²) < 4.78 is 26.8. The highest BCUT2D eigenvalue weighted by molar-refractivity contribution is 5.95. The first-order valence-electron chi connectivity index (χ1n) is 11.5. The molecule has 3 fully saturated rings. The predicted molar refractivity (Wildman–Crippen MR) is 119 cm³/mol. The molecule has 2 bridgehead atoms. The molecule has 1 amide bonds. The smallest absolute Gasteiger partial charge is 0.257 e. The third-order valence-corrected chi connectivity index (χ3v) is 6.87. The Morgan fingerprint density at radius 2 is 1.88 bits per heavy atom. The van der Waals surface area contributed by atoms with Gasteiger partial charge in [0.1, 0.15) is 17.3 Å². The maximum atomic E-state index is 14.7. The average Bonchev–Trinajstić information content (AvgIpc) is 3.15. The maximum Gasteiger partial charge on any atom is 0.257 e. The molecule has 7 heteroatoms. The van der Waals surface area contributed by atoms with Gasteiger partial charge in [0.15, 0.2) is 0 Å². The van der Waals surface area contributed by atoms with Crippen molar-refractivity contribution in [1.82, 2.24) is 10.2 Å². The fraction of sp³-hybridized carbons (Fsp3) is 0.480. The van der Waals surface area contributed by atoms with E-state index in [1.807, 2.05) is 24.3 Å². The van der Waals surface area contributed by atoms with Crippen LogP contribution in [0.1, 0.15) is 41.6 Å². The van der Waals surface area contributed by atoms with Gasteiger partial charge in [-0.3, -0.25) is 4.79 Å². The maximum absolute atomic E-state index is 14.7. The number of nitrogens with one attached hydrogen (secondary N) is 1. The van der Waals surface area contributed by atoms with Crippen molar-refractivity contribution in [2.24, 2.45) is 5.73 Å². The zero-order valence-electron chi connectivity index (χ0n) is 18.2. The van der Waals surface area contributed by atoms with Crippen LogP contribution >= 0.6 is 0 Å². The van der Waals surface area contributed by atoms with Gasteiger partial charge in [-0.2, -0.15) is 0 Å². The molecule has 3 saturated heterocycles. The molecule has 3 atom stereocenters. The molecule has 1 unspecified atom stereocenters. The summed E-state index contributed by atoms with van der Waals surface area (Å²) in [6.07, 6.45) is 4.92. The van der Waals surface area contributed by atoms with Crippen LogP contribution in [0.25, 0.3) is 0 Å². The van der Waals surface area contributed by atoms with Crippen molar-refractivity contribution in [3.05, 3.63) is 59.4 Å². The van der Waals surface area contributed by atoms with Crippen molar-refractivity contribution in [2.75, 3.05) is 26.2 Å². The standard InChI is InChI=1S/C25H30FN3O3/c26-23-8-7-21(32-20-5-1-17(2-6-20)9-10-27)13-22(23)24(30)29-11-12-31-25(16-29)14-18-3-4-19(15-25)28-18/h1-2,5-8,13,18-19,28H,3-4,9-12,14-16,27H2/t18-,19+,25?. The van der Waals surface area contributed by atoms with Crippen LogP contribution in [0, 0.1) is 5.82 Å². The van der Waals surface area contributed by atoms with E-state index in [9.17, 15) is 9.18 Å². The fourth-order valence-corrected chi connectivity index (χ4v) is 5.40. The Morgan fingerprint density at radius 3 is 2.59 bits per heavy atom. The van der Waals surface area contributed by atoms with E-state index in [-0.39, 0.29) is 17.1 Å². The van der Waals surface area contributed by atoms with E-state index in [0.717, 1.165) is 37.7 Å². The van der Waals surface area contributed by atoms with Gasteiger partial charge in [0.05, 0.1) is 24.3 Å². The lowest BCUT2D eigenvalue weighted by molar-refractivity contribution is -0.122. The van der Waals surface area contributed by atoms with Crippen LogP contribution in [0.4, 0.5) is 4.39 Å².